The maximum atomic E-state index is 10.7. The summed E-state index contributed by atoms with van der Waals surface area (Å²) in [5.74, 6) is 0. The lowest BCUT2D eigenvalue weighted by molar-refractivity contribution is 0.0994. The van der Waals surface area contributed by atoms with Gasteiger partial charge in [-0.15, -0.1) is 4.73 Å². The molecule has 0 spiro atoms. The van der Waals surface area contributed by atoms with E-state index < -0.39 is 0 Å². The topological polar surface area (TPSA) is 63.5 Å². The fraction of sp³-hybridized carbons (Fsp3) is 0. The monoisotopic (exact) mass is 135 g/mol. The van der Waals surface area contributed by atoms with E-state index in [0.717, 1.165) is 0 Å². The van der Waals surface area contributed by atoms with Crippen molar-refractivity contribution in [2.24, 2.45) is 0 Å². The van der Waals surface area contributed by atoms with Crippen LogP contribution in [-0.4, -0.2) is 19.7 Å². The first kappa shape index (κ1) is 5.16. The van der Waals surface area contributed by atoms with Gasteiger partial charge in [0.05, 0.1) is 6.20 Å². The highest BCUT2D eigenvalue weighted by Crippen LogP contribution is 2.03. The summed E-state index contributed by atoms with van der Waals surface area (Å²) in [6, 6.07) is 0. The first-order valence-electron chi connectivity index (χ1n) is 2.68. The standard InChI is InChI=1S/C5H3N4O/c10-9-3-8-4-1-6-2-7-5(4)9/h1-3H. The van der Waals surface area contributed by atoms with Crippen LogP contribution in [0.15, 0.2) is 18.9 Å². The average molecular weight is 135 g/mol. The zero-order valence-corrected chi connectivity index (χ0v) is 4.93. The predicted molar refractivity (Wildman–Crippen MR) is 31.4 cm³/mol. The van der Waals surface area contributed by atoms with Gasteiger partial charge in [0.1, 0.15) is 18.2 Å². The minimum Gasteiger partial charge on any atom is -0.242 e. The fourth-order valence-electron chi connectivity index (χ4n) is 0.746. The molecule has 0 amide bonds. The zero-order valence-electron chi connectivity index (χ0n) is 4.93. The Kier molecular flexibility index (Phi) is 0.858. The highest BCUT2D eigenvalue weighted by molar-refractivity contribution is 5.68. The SMILES string of the molecule is [O]n1cnc2cncnc21. The predicted octanol–water partition coefficient (Wildman–Crippen LogP) is 0.0199. The van der Waals surface area contributed by atoms with Crippen molar-refractivity contribution in [3.8, 4) is 0 Å². The van der Waals surface area contributed by atoms with Gasteiger partial charge < -0.3 is 0 Å². The molecule has 0 bridgehead atoms. The summed E-state index contributed by atoms with van der Waals surface area (Å²) in [5.41, 5.74) is 0.840. The molecule has 0 aliphatic rings. The van der Waals surface area contributed by atoms with Crippen molar-refractivity contribution in [1.82, 2.24) is 19.7 Å². The van der Waals surface area contributed by atoms with E-state index in [1.807, 2.05) is 0 Å². The third-order valence-corrected chi connectivity index (χ3v) is 1.18. The van der Waals surface area contributed by atoms with Gasteiger partial charge in [0.25, 0.3) is 0 Å². The van der Waals surface area contributed by atoms with Gasteiger partial charge in [-0.05, 0) is 0 Å². The van der Waals surface area contributed by atoms with Gasteiger partial charge in [-0.1, -0.05) is 0 Å². The second kappa shape index (κ2) is 1.66. The van der Waals surface area contributed by atoms with Crippen LogP contribution in [0.4, 0.5) is 0 Å². The number of hydrogen-bond acceptors (Lipinski definition) is 3. The smallest absolute Gasteiger partial charge is 0.203 e. The number of nitrogens with zero attached hydrogens (tertiary/aromatic N) is 4. The average Bonchev–Trinajstić information content (AvgIpc) is 2.34. The van der Waals surface area contributed by atoms with Crippen LogP contribution >= 0.6 is 0 Å². The minimum absolute atomic E-state index is 0.315. The molecule has 5 nitrogen and oxygen atoms in total. The molecule has 2 aromatic rings. The van der Waals surface area contributed by atoms with Gasteiger partial charge in [0, 0.05) is 0 Å². The Morgan fingerprint density at radius 3 is 3.10 bits per heavy atom. The number of hydrogen-bond donors (Lipinski definition) is 0. The molecule has 49 valence electrons. The Morgan fingerprint density at radius 1 is 1.40 bits per heavy atom. The summed E-state index contributed by atoms with van der Waals surface area (Å²) >= 11 is 0. The van der Waals surface area contributed by atoms with Crippen molar-refractivity contribution in [1.29, 1.82) is 0 Å². The fourth-order valence-corrected chi connectivity index (χ4v) is 0.746. The maximum absolute atomic E-state index is 10.7. The first-order chi connectivity index (χ1) is 4.88. The minimum atomic E-state index is 0.315. The van der Waals surface area contributed by atoms with Gasteiger partial charge in [0.15, 0.2) is 0 Å². The molecule has 2 rings (SSSR count). The Hall–Kier alpha value is -1.65. The molecule has 5 heteroatoms. The zero-order chi connectivity index (χ0) is 6.97. The molecule has 2 heterocycles. The molecule has 0 saturated heterocycles. The van der Waals surface area contributed by atoms with E-state index in [-0.39, 0.29) is 0 Å². The molecular weight excluding hydrogens is 132 g/mol. The number of aromatic nitrogens is 4. The van der Waals surface area contributed by atoms with Crippen molar-refractivity contribution in [2.75, 3.05) is 0 Å². The molecule has 0 fully saturated rings. The van der Waals surface area contributed by atoms with Crippen LogP contribution in [0, 0.1) is 0 Å². The van der Waals surface area contributed by atoms with Gasteiger partial charge in [0.2, 0.25) is 5.65 Å². The molecule has 0 aliphatic carbocycles. The third-order valence-electron chi connectivity index (χ3n) is 1.18. The third kappa shape index (κ3) is 0.540. The van der Waals surface area contributed by atoms with Gasteiger partial charge in [-0.25, -0.2) is 15.0 Å². The van der Waals surface area contributed by atoms with Crippen LogP contribution in [0.25, 0.3) is 11.2 Å². The van der Waals surface area contributed by atoms with E-state index in [9.17, 15) is 5.21 Å². The van der Waals surface area contributed by atoms with Crippen molar-refractivity contribution < 1.29 is 5.21 Å². The van der Waals surface area contributed by atoms with Crippen molar-refractivity contribution in [2.45, 2.75) is 0 Å². The normalized spacial score (nSPS) is 10.4. The van der Waals surface area contributed by atoms with E-state index >= 15 is 0 Å². The highest BCUT2D eigenvalue weighted by Gasteiger charge is 2.00. The molecule has 10 heavy (non-hydrogen) atoms. The van der Waals surface area contributed by atoms with E-state index in [1.54, 1.807) is 0 Å². The summed E-state index contributed by atoms with van der Waals surface area (Å²) in [6.45, 7) is 0. The lowest BCUT2D eigenvalue weighted by Crippen LogP contribution is -1.86. The summed E-state index contributed by atoms with van der Waals surface area (Å²) in [6.07, 6.45) is 3.98. The largest absolute Gasteiger partial charge is 0.242 e. The number of fused-ring (bicyclic) bond motifs is 1. The number of imidazole rings is 1. The molecule has 1 radical (unpaired) electrons. The molecule has 0 N–H and O–H groups in total. The quantitative estimate of drug-likeness (QED) is 0.511. The van der Waals surface area contributed by atoms with Gasteiger partial charge in [-0.2, -0.15) is 5.21 Å². The lowest BCUT2D eigenvalue weighted by atomic mass is 10.6. The molecule has 0 aliphatic heterocycles. The maximum Gasteiger partial charge on any atom is 0.203 e. The summed E-state index contributed by atoms with van der Waals surface area (Å²) in [7, 11) is 0. The van der Waals surface area contributed by atoms with Crippen molar-refractivity contribution in [3.63, 3.8) is 0 Å². The van der Waals surface area contributed by atoms with Crippen LogP contribution in [0.1, 0.15) is 0 Å². The second-order valence-corrected chi connectivity index (χ2v) is 1.80. The van der Waals surface area contributed by atoms with E-state index in [2.05, 4.69) is 15.0 Å². The second-order valence-electron chi connectivity index (χ2n) is 1.80. The molecule has 0 unspecified atom stereocenters. The highest BCUT2D eigenvalue weighted by atomic mass is 16.5. The van der Waals surface area contributed by atoms with Crippen LogP contribution in [-0.2, 0) is 5.21 Å². The molecule has 0 saturated carbocycles. The first-order valence-corrected chi connectivity index (χ1v) is 2.68. The Labute approximate surface area is 55.9 Å². The Morgan fingerprint density at radius 2 is 2.30 bits per heavy atom. The molecule has 0 atom stereocenters. The Balaban J connectivity index is 2.93. The number of rotatable bonds is 0. The summed E-state index contributed by atoms with van der Waals surface area (Å²) in [4.78, 5) is 11.2. The molecule has 2 aromatic heterocycles. The van der Waals surface area contributed by atoms with E-state index in [0.29, 0.717) is 15.9 Å². The van der Waals surface area contributed by atoms with Gasteiger partial charge >= 0.3 is 0 Å². The van der Waals surface area contributed by atoms with Crippen LogP contribution < -0.4 is 0 Å². The lowest BCUT2D eigenvalue weighted by Gasteiger charge is -1.83. The van der Waals surface area contributed by atoms with Crippen molar-refractivity contribution >= 4 is 11.2 Å². The van der Waals surface area contributed by atoms with Crippen molar-refractivity contribution in [3.05, 3.63) is 18.9 Å². The van der Waals surface area contributed by atoms with E-state index in [1.165, 1.54) is 18.9 Å². The van der Waals surface area contributed by atoms with Crippen LogP contribution in [0.2, 0.25) is 0 Å². The summed E-state index contributed by atoms with van der Waals surface area (Å²) in [5, 5.41) is 10.7. The summed E-state index contributed by atoms with van der Waals surface area (Å²) < 4.78 is 0.608. The van der Waals surface area contributed by atoms with Crippen LogP contribution in [0.3, 0.4) is 0 Å². The van der Waals surface area contributed by atoms with Crippen LogP contribution in [0.5, 0.6) is 0 Å². The molecule has 0 aromatic carbocycles. The Bertz CT molecular complexity index is 355. The molecular formula is C5H3N4O. The van der Waals surface area contributed by atoms with E-state index in [4.69, 9.17) is 0 Å². The van der Waals surface area contributed by atoms with Gasteiger partial charge in [-0.3, -0.25) is 0 Å².